The lowest BCUT2D eigenvalue weighted by atomic mass is 10.0. The third kappa shape index (κ3) is 4.77. The van der Waals surface area contributed by atoms with E-state index in [-0.39, 0.29) is 12.0 Å². The molecule has 0 radical (unpaired) electrons. The van der Waals surface area contributed by atoms with E-state index in [9.17, 15) is 4.79 Å². The van der Waals surface area contributed by atoms with Gasteiger partial charge in [0.05, 0.1) is 18.3 Å². The second-order valence-electron chi connectivity index (χ2n) is 5.77. The van der Waals surface area contributed by atoms with E-state index < -0.39 is 0 Å². The molecule has 0 spiro atoms. The zero-order chi connectivity index (χ0) is 16.8. The normalized spacial score (nSPS) is 17.5. The van der Waals surface area contributed by atoms with E-state index >= 15 is 0 Å². The predicted molar refractivity (Wildman–Crippen MR) is 93.2 cm³/mol. The minimum Gasteiger partial charge on any atom is -0.375 e. The van der Waals surface area contributed by atoms with Crippen LogP contribution in [0, 0.1) is 0 Å². The molecule has 0 saturated carbocycles. The Balaban J connectivity index is 1.50. The molecule has 2 aromatic rings. The lowest BCUT2D eigenvalue weighted by Crippen LogP contribution is -2.39. The molecule has 2 heterocycles. The minimum absolute atomic E-state index is 0.162. The summed E-state index contributed by atoms with van der Waals surface area (Å²) in [6.07, 6.45) is 2.61. The zero-order valence-corrected chi connectivity index (χ0v) is 14.1. The summed E-state index contributed by atoms with van der Waals surface area (Å²) in [5.74, 6) is -0.162. The predicted octanol–water partition coefficient (Wildman–Crippen LogP) is 2.20. The van der Waals surface area contributed by atoms with Crippen molar-refractivity contribution in [3.63, 3.8) is 0 Å². The summed E-state index contributed by atoms with van der Waals surface area (Å²) in [5, 5.41) is 6.59. The van der Waals surface area contributed by atoms with Crippen LogP contribution in [0.4, 0.5) is 0 Å². The largest absolute Gasteiger partial charge is 0.375 e. The Morgan fingerprint density at radius 2 is 2.04 bits per heavy atom. The first-order valence-corrected chi connectivity index (χ1v) is 8.38. The first-order chi connectivity index (χ1) is 11.7. The van der Waals surface area contributed by atoms with Gasteiger partial charge in [0, 0.05) is 25.8 Å². The number of aromatic nitrogens is 1. The van der Waals surface area contributed by atoms with Crippen LogP contribution in [0.1, 0.15) is 21.5 Å². The lowest BCUT2D eigenvalue weighted by Gasteiger charge is -2.23. The van der Waals surface area contributed by atoms with Crippen molar-refractivity contribution in [2.45, 2.75) is 19.1 Å². The van der Waals surface area contributed by atoms with E-state index in [0.717, 1.165) is 31.7 Å². The van der Waals surface area contributed by atoms with Crippen LogP contribution < -0.4 is 10.6 Å². The molecule has 1 aliphatic rings. The first kappa shape index (κ1) is 16.9. The van der Waals surface area contributed by atoms with E-state index in [4.69, 9.17) is 16.3 Å². The quantitative estimate of drug-likeness (QED) is 0.815. The molecule has 1 atom stereocenters. The number of hydrogen-bond donors (Lipinski definition) is 2. The minimum atomic E-state index is -0.162. The van der Waals surface area contributed by atoms with Crippen LogP contribution in [-0.2, 0) is 17.7 Å². The molecule has 6 heteroatoms. The highest BCUT2D eigenvalue weighted by atomic mass is 35.5. The van der Waals surface area contributed by atoms with Crippen LogP contribution in [0.15, 0.2) is 42.6 Å². The van der Waals surface area contributed by atoms with Crippen molar-refractivity contribution in [3.05, 3.63) is 64.4 Å². The molecular formula is C18H20ClN3O2. The number of nitrogens with one attached hydrogen (secondary N) is 2. The maximum Gasteiger partial charge on any atom is 0.253 e. The van der Waals surface area contributed by atoms with Gasteiger partial charge in [-0.15, -0.1) is 0 Å². The van der Waals surface area contributed by atoms with Crippen molar-refractivity contribution in [2.75, 3.05) is 19.7 Å². The van der Waals surface area contributed by atoms with E-state index in [0.29, 0.717) is 17.3 Å². The standard InChI is InChI=1S/C18H20ClN3O2/c19-17-6-5-15(11-21-17)18(23)22-10-14-3-1-13(2-4-14)9-16-12-20-7-8-24-16/h1-6,11,16,20H,7-10,12H2,(H,22,23). The number of nitrogens with zero attached hydrogens (tertiary/aromatic N) is 1. The maximum atomic E-state index is 12.0. The van der Waals surface area contributed by atoms with E-state index in [1.54, 1.807) is 12.1 Å². The lowest BCUT2D eigenvalue weighted by molar-refractivity contribution is 0.0292. The van der Waals surface area contributed by atoms with E-state index in [2.05, 4.69) is 27.8 Å². The molecule has 1 aliphatic heterocycles. The van der Waals surface area contributed by atoms with Crippen LogP contribution in [-0.4, -0.2) is 36.7 Å². The molecule has 5 nitrogen and oxygen atoms in total. The second kappa shape index (κ2) is 8.24. The van der Waals surface area contributed by atoms with Gasteiger partial charge >= 0.3 is 0 Å². The van der Waals surface area contributed by atoms with Gasteiger partial charge in [-0.1, -0.05) is 35.9 Å². The topological polar surface area (TPSA) is 63.2 Å². The molecule has 1 aromatic carbocycles. The van der Waals surface area contributed by atoms with E-state index in [1.165, 1.54) is 11.8 Å². The van der Waals surface area contributed by atoms with Gasteiger partial charge in [0.1, 0.15) is 5.15 Å². The summed E-state index contributed by atoms with van der Waals surface area (Å²) < 4.78 is 5.71. The number of rotatable bonds is 5. The Morgan fingerprint density at radius 3 is 2.71 bits per heavy atom. The van der Waals surface area contributed by atoms with Crippen LogP contribution in [0.3, 0.4) is 0 Å². The van der Waals surface area contributed by atoms with Crippen molar-refractivity contribution in [3.8, 4) is 0 Å². The molecule has 126 valence electrons. The van der Waals surface area contributed by atoms with Crippen molar-refractivity contribution < 1.29 is 9.53 Å². The first-order valence-electron chi connectivity index (χ1n) is 8.00. The zero-order valence-electron chi connectivity index (χ0n) is 13.3. The van der Waals surface area contributed by atoms with Gasteiger partial charge in [-0.25, -0.2) is 4.98 Å². The van der Waals surface area contributed by atoms with Crippen molar-refractivity contribution >= 4 is 17.5 Å². The summed E-state index contributed by atoms with van der Waals surface area (Å²) in [4.78, 5) is 16.0. The molecule has 1 saturated heterocycles. The molecular weight excluding hydrogens is 326 g/mol. The Hall–Kier alpha value is -1.95. The van der Waals surface area contributed by atoms with Crippen molar-refractivity contribution in [1.82, 2.24) is 15.6 Å². The number of morpholine rings is 1. The summed E-state index contributed by atoms with van der Waals surface area (Å²) in [5.41, 5.74) is 2.79. The average Bonchev–Trinajstić information content (AvgIpc) is 2.62. The Morgan fingerprint density at radius 1 is 1.25 bits per heavy atom. The van der Waals surface area contributed by atoms with Gasteiger partial charge in [-0.2, -0.15) is 0 Å². The fourth-order valence-corrected chi connectivity index (χ4v) is 2.71. The second-order valence-corrected chi connectivity index (χ2v) is 6.16. The number of ether oxygens (including phenoxy) is 1. The summed E-state index contributed by atoms with van der Waals surface area (Å²) in [7, 11) is 0. The average molecular weight is 346 g/mol. The van der Waals surface area contributed by atoms with Gasteiger partial charge in [-0.3, -0.25) is 4.79 Å². The Labute approximate surface area is 146 Å². The molecule has 1 unspecified atom stereocenters. The summed E-state index contributed by atoms with van der Waals surface area (Å²) in [6.45, 7) is 3.07. The fraction of sp³-hybridized carbons (Fsp3) is 0.333. The number of pyridine rings is 1. The van der Waals surface area contributed by atoms with Crippen LogP contribution in [0.25, 0.3) is 0 Å². The highest BCUT2D eigenvalue weighted by Crippen LogP contribution is 2.10. The van der Waals surface area contributed by atoms with Crippen LogP contribution in [0.2, 0.25) is 5.15 Å². The SMILES string of the molecule is O=C(NCc1ccc(CC2CNCCO2)cc1)c1ccc(Cl)nc1. The number of halogens is 1. The molecule has 1 aromatic heterocycles. The third-order valence-corrected chi connectivity index (χ3v) is 4.16. The smallest absolute Gasteiger partial charge is 0.253 e. The Bertz CT molecular complexity index is 668. The highest BCUT2D eigenvalue weighted by molar-refractivity contribution is 6.29. The number of carbonyl (C=O) groups excluding carboxylic acids is 1. The van der Waals surface area contributed by atoms with Gasteiger partial charge in [0.15, 0.2) is 0 Å². The summed E-state index contributed by atoms with van der Waals surface area (Å²) >= 11 is 5.72. The molecule has 1 fully saturated rings. The Kier molecular flexibility index (Phi) is 5.80. The molecule has 0 aliphatic carbocycles. The van der Waals surface area contributed by atoms with Gasteiger partial charge in [0.2, 0.25) is 0 Å². The van der Waals surface area contributed by atoms with Crippen LogP contribution >= 0.6 is 11.6 Å². The highest BCUT2D eigenvalue weighted by Gasteiger charge is 2.13. The molecule has 3 rings (SSSR count). The number of benzene rings is 1. The van der Waals surface area contributed by atoms with E-state index in [1.807, 2.05) is 12.1 Å². The fourth-order valence-electron chi connectivity index (χ4n) is 2.60. The molecule has 1 amide bonds. The van der Waals surface area contributed by atoms with Crippen molar-refractivity contribution in [1.29, 1.82) is 0 Å². The number of hydrogen-bond acceptors (Lipinski definition) is 4. The van der Waals surface area contributed by atoms with Crippen LogP contribution in [0.5, 0.6) is 0 Å². The van der Waals surface area contributed by atoms with Gasteiger partial charge in [0.25, 0.3) is 5.91 Å². The number of carbonyl (C=O) groups is 1. The van der Waals surface area contributed by atoms with Gasteiger partial charge in [-0.05, 0) is 29.7 Å². The third-order valence-electron chi connectivity index (χ3n) is 3.93. The summed E-state index contributed by atoms with van der Waals surface area (Å²) in [6, 6.07) is 11.5. The van der Waals surface area contributed by atoms with Gasteiger partial charge < -0.3 is 15.4 Å². The monoisotopic (exact) mass is 345 g/mol. The molecule has 2 N–H and O–H groups in total. The molecule has 24 heavy (non-hydrogen) atoms. The maximum absolute atomic E-state index is 12.0. The van der Waals surface area contributed by atoms with Crippen molar-refractivity contribution in [2.24, 2.45) is 0 Å². The number of amides is 1. The molecule has 0 bridgehead atoms.